The smallest absolute Gasteiger partial charge is 0.126 e. The molecule has 1 saturated heterocycles. The quantitative estimate of drug-likeness (QED) is 0.886. The standard InChI is InChI=1S/C14H18F2N2/c15-12-5-10(6-13(16)7-12)8-18-4-3-17-14(9-18)11-1-2-11/h5-7,11,14,17H,1-4,8-9H2. The van der Waals surface area contributed by atoms with Crippen molar-refractivity contribution in [3.05, 3.63) is 35.4 Å². The van der Waals surface area contributed by atoms with E-state index in [1.54, 1.807) is 0 Å². The van der Waals surface area contributed by atoms with Crippen LogP contribution in [0.15, 0.2) is 18.2 Å². The molecule has 1 atom stereocenters. The molecule has 1 aromatic carbocycles. The third-order valence-corrected chi connectivity index (χ3v) is 3.81. The summed E-state index contributed by atoms with van der Waals surface area (Å²) in [6.45, 7) is 3.54. The lowest BCUT2D eigenvalue weighted by Crippen LogP contribution is -2.51. The number of nitrogens with zero attached hydrogens (tertiary/aromatic N) is 1. The fourth-order valence-electron chi connectivity index (χ4n) is 2.76. The molecule has 1 aliphatic heterocycles. The molecule has 0 spiro atoms. The van der Waals surface area contributed by atoms with E-state index in [1.807, 2.05) is 0 Å². The molecular weight excluding hydrogens is 234 g/mol. The van der Waals surface area contributed by atoms with E-state index >= 15 is 0 Å². The predicted octanol–water partition coefficient (Wildman–Crippen LogP) is 2.15. The van der Waals surface area contributed by atoms with Crippen LogP contribution in [-0.2, 0) is 6.54 Å². The molecule has 3 rings (SSSR count). The summed E-state index contributed by atoms with van der Waals surface area (Å²) in [6, 6.07) is 4.35. The molecule has 1 N–H and O–H groups in total. The lowest BCUT2D eigenvalue weighted by molar-refractivity contribution is 0.181. The topological polar surface area (TPSA) is 15.3 Å². The molecule has 2 fully saturated rings. The Kier molecular flexibility index (Phi) is 3.31. The summed E-state index contributed by atoms with van der Waals surface area (Å²) in [5, 5.41) is 3.53. The van der Waals surface area contributed by atoms with Crippen molar-refractivity contribution in [2.75, 3.05) is 19.6 Å². The van der Waals surface area contributed by atoms with Gasteiger partial charge in [-0.15, -0.1) is 0 Å². The Labute approximate surface area is 106 Å². The normalized spacial score (nSPS) is 25.3. The van der Waals surface area contributed by atoms with Crippen LogP contribution in [0.5, 0.6) is 0 Å². The Morgan fingerprint density at radius 1 is 1.17 bits per heavy atom. The van der Waals surface area contributed by atoms with Crippen LogP contribution < -0.4 is 5.32 Å². The fourth-order valence-corrected chi connectivity index (χ4v) is 2.76. The minimum Gasteiger partial charge on any atom is -0.311 e. The van der Waals surface area contributed by atoms with Crippen molar-refractivity contribution in [1.29, 1.82) is 0 Å². The molecule has 0 aromatic heterocycles. The maximum atomic E-state index is 13.1. The van der Waals surface area contributed by atoms with Gasteiger partial charge in [-0.3, -0.25) is 4.90 Å². The number of hydrogen-bond acceptors (Lipinski definition) is 2. The van der Waals surface area contributed by atoms with E-state index in [1.165, 1.54) is 25.0 Å². The van der Waals surface area contributed by atoms with Crippen LogP contribution in [0, 0.1) is 17.6 Å². The second-order valence-corrected chi connectivity index (χ2v) is 5.41. The Morgan fingerprint density at radius 3 is 2.56 bits per heavy atom. The molecule has 0 amide bonds. The average molecular weight is 252 g/mol. The summed E-state index contributed by atoms with van der Waals surface area (Å²) in [6.07, 6.45) is 2.64. The molecule has 1 heterocycles. The van der Waals surface area contributed by atoms with E-state index < -0.39 is 11.6 Å². The summed E-state index contributed by atoms with van der Waals surface area (Å²) < 4.78 is 26.3. The Bertz CT molecular complexity index is 412. The van der Waals surface area contributed by atoms with Gasteiger partial charge in [-0.2, -0.15) is 0 Å². The Hall–Kier alpha value is -1.00. The van der Waals surface area contributed by atoms with E-state index in [4.69, 9.17) is 0 Å². The summed E-state index contributed by atoms with van der Waals surface area (Å²) in [5.41, 5.74) is 0.726. The van der Waals surface area contributed by atoms with E-state index in [0.717, 1.165) is 37.2 Å². The lowest BCUT2D eigenvalue weighted by Gasteiger charge is -2.33. The number of rotatable bonds is 3. The van der Waals surface area contributed by atoms with Gasteiger partial charge in [0.1, 0.15) is 11.6 Å². The molecule has 0 bridgehead atoms. The van der Waals surface area contributed by atoms with Crippen LogP contribution in [0.4, 0.5) is 8.78 Å². The number of nitrogens with one attached hydrogen (secondary N) is 1. The number of benzene rings is 1. The Morgan fingerprint density at radius 2 is 1.89 bits per heavy atom. The SMILES string of the molecule is Fc1cc(F)cc(CN2CCNC(C3CC3)C2)c1. The van der Waals surface area contributed by atoms with Crippen molar-refractivity contribution in [2.24, 2.45) is 5.92 Å². The van der Waals surface area contributed by atoms with Crippen molar-refractivity contribution in [3.8, 4) is 0 Å². The van der Waals surface area contributed by atoms with Crippen molar-refractivity contribution in [2.45, 2.75) is 25.4 Å². The maximum Gasteiger partial charge on any atom is 0.126 e. The first kappa shape index (κ1) is 12.1. The third kappa shape index (κ3) is 2.87. The van der Waals surface area contributed by atoms with Crippen LogP contribution >= 0.6 is 0 Å². The van der Waals surface area contributed by atoms with Crippen LogP contribution in [-0.4, -0.2) is 30.6 Å². The van der Waals surface area contributed by atoms with Gasteiger partial charge in [0.05, 0.1) is 0 Å². The highest BCUT2D eigenvalue weighted by molar-refractivity contribution is 5.18. The van der Waals surface area contributed by atoms with Gasteiger partial charge < -0.3 is 5.32 Å². The predicted molar refractivity (Wildman–Crippen MR) is 66.1 cm³/mol. The highest BCUT2D eigenvalue weighted by Gasteiger charge is 2.33. The number of halogens is 2. The summed E-state index contributed by atoms with van der Waals surface area (Å²) in [7, 11) is 0. The molecule has 18 heavy (non-hydrogen) atoms. The zero-order valence-electron chi connectivity index (χ0n) is 10.3. The Balaban J connectivity index is 1.64. The molecule has 1 aromatic rings. The maximum absolute atomic E-state index is 13.1. The second kappa shape index (κ2) is 4.94. The van der Waals surface area contributed by atoms with Crippen LogP contribution in [0.3, 0.4) is 0 Å². The zero-order chi connectivity index (χ0) is 12.5. The van der Waals surface area contributed by atoms with Crippen LogP contribution in [0.2, 0.25) is 0 Å². The van der Waals surface area contributed by atoms with Gasteiger partial charge in [0, 0.05) is 38.3 Å². The largest absolute Gasteiger partial charge is 0.311 e. The van der Waals surface area contributed by atoms with Gasteiger partial charge in [0.15, 0.2) is 0 Å². The van der Waals surface area contributed by atoms with Gasteiger partial charge in [-0.25, -0.2) is 8.78 Å². The molecule has 4 heteroatoms. The van der Waals surface area contributed by atoms with Crippen LogP contribution in [0.1, 0.15) is 18.4 Å². The summed E-state index contributed by atoms with van der Waals surface area (Å²) in [5.74, 6) is -0.158. The molecule has 98 valence electrons. The van der Waals surface area contributed by atoms with Crippen molar-refractivity contribution >= 4 is 0 Å². The van der Waals surface area contributed by atoms with Gasteiger partial charge in [0.2, 0.25) is 0 Å². The lowest BCUT2D eigenvalue weighted by atomic mass is 10.1. The van der Waals surface area contributed by atoms with E-state index in [2.05, 4.69) is 10.2 Å². The number of hydrogen-bond donors (Lipinski definition) is 1. The first-order valence-corrected chi connectivity index (χ1v) is 6.61. The zero-order valence-corrected chi connectivity index (χ0v) is 10.3. The summed E-state index contributed by atoms with van der Waals surface area (Å²) >= 11 is 0. The molecule has 1 aliphatic carbocycles. The van der Waals surface area contributed by atoms with Gasteiger partial charge in [-0.1, -0.05) is 0 Å². The molecular formula is C14H18F2N2. The van der Waals surface area contributed by atoms with E-state index in [-0.39, 0.29) is 0 Å². The van der Waals surface area contributed by atoms with Crippen molar-refractivity contribution in [1.82, 2.24) is 10.2 Å². The first-order valence-electron chi connectivity index (χ1n) is 6.61. The monoisotopic (exact) mass is 252 g/mol. The van der Waals surface area contributed by atoms with E-state index in [0.29, 0.717) is 12.6 Å². The average Bonchev–Trinajstić information content (AvgIpc) is 3.11. The van der Waals surface area contributed by atoms with Gasteiger partial charge in [0.25, 0.3) is 0 Å². The highest BCUT2D eigenvalue weighted by atomic mass is 19.1. The third-order valence-electron chi connectivity index (χ3n) is 3.81. The van der Waals surface area contributed by atoms with Gasteiger partial charge in [-0.05, 0) is 36.5 Å². The molecule has 2 nitrogen and oxygen atoms in total. The van der Waals surface area contributed by atoms with Crippen molar-refractivity contribution < 1.29 is 8.78 Å². The fraction of sp³-hybridized carbons (Fsp3) is 0.571. The van der Waals surface area contributed by atoms with E-state index in [9.17, 15) is 8.78 Å². The molecule has 2 aliphatic rings. The van der Waals surface area contributed by atoms with Gasteiger partial charge >= 0.3 is 0 Å². The molecule has 1 unspecified atom stereocenters. The summed E-state index contributed by atoms with van der Waals surface area (Å²) in [4.78, 5) is 2.29. The molecule has 0 radical (unpaired) electrons. The molecule has 1 saturated carbocycles. The highest BCUT2D eigenvalue weighted by Crippen LogP contribution is 2.33. The second-order valence-electron chi connectivity index (χ2n) is 5.41. The number of piperazine rings is 1. The van der Waals surface area contributed by atoms with Crippen molar-refractivity contribution in [3.63, 3.8) is 0 Å². The minimum atomic E-state index is -0.487. The van der Waals surface area contributed by atoms with Crippen LogP contribution in [0.25, 0.3) is 0 Å². The minimum absolute atomic E-state index is 0.487. The first-order chi connectivity index (χ1) is 8.70.